The number of rotatable bonds is 1. The van der Waals surface area contributed by atoms with Crippen molar-refractivity contribution in [3.8, 4) is 5.75 Å². The summed E-state index contributed by atoms with van der Waals surface area (Å²) >= 11 is 0. The van der Waals surface area contributed by atoms with Gasteiger partial charge in [0.05, 0.1) is 12.3 Å². The topological polar surface area (TPSA) is 154 Å². The van der Waals surface area contributed by atoms with E-state index in [0.29, 0.717) is 0 Å². The van der Waals surface area contributed by atoms with Gasteiger partial charge >= 0.3 is 23.4 Å². The number of aromatic amines is 1. The van der Waals surface area contributed by atoms with Crippen molar-refractivity contribution in [2.45, 2.75) is 17.7 Å². The monoisotopic (exact) mass is 326 g/mol. The Hall–Kier alpha value is -2.66. The van der Waals surface area contributed by atoms with Crippen LogP contribution in [0.3, 0.4) is 0 Å². The summed E-state index contributed by atoms with van der Waals surface area (Å²) in [7, 11) is 2.60. The number of imide groups is 1. The molecule has 0 bridgehead atoms. The third kappa shape index (κ3) is 1.65. The van der Waals surface area contributed by atoms with Crippen molar-refractivity contribution >= 4 is 11.9 Å². The number of carbonyl (C=O) groups excluding carboxylic acids is 2. The number of H-pyrrole nitrogens is 1. The molecular formula is C12H14N4O7. The van der Waals surface area contributed by atoms with E-state index < -0.39 is 46.9 Å². The van der Waals surface area contributed by atoms with Crippen LogP contribution in [-0.4, -0.2) is 61.6 Å². The molecule has 3 amide bonds. The SMILES string of the molecule is CN1C(=O)NC(=O)C2(O)Oc3c(n(C)c(=O)[nH]c3=O)CC12CO. The van der Waals surface area contributed by atoms with E-state index in [2.05, 4.69) is 0 Å². The maximum Gasteiger partial charge on any atom is 0.328 e. The van der Waals surface area contributed by atoms with Gasteiger partial charge in [0, 0.05) is 20.5 Å². The van der Waals surface area contributed by atoms with E-state index in [1.54, 1.807) is 0 Å². The van der Waals surface area contributed by atoms with Gasteiger partial charge in [0.25, 0.3) is 5.56 Å². The van der Waals surface area contributed by atoms with E-state index in [-0.39, 0.29) is 12.1 Å². The maximum absolute atomic E-state index is 12.1. The van der Waals surface area contributed by atoms with Crippen LogP contribution in [0, 0.1) is 0 Å². The lowest BCUT2D eigenvalue weighted by molar-refractivity contribution is -0.239. The number of likely N-dealkylation sites (N-methyl/N-ethyl adjacent to an activating group) is 1. The lowest BCUT2D eigenvalue weighted by Crippen LogP contribution is -2.82. The third-order valence-corrected chi connectivity index (χ3v) is 4.48. The van der Waals surface area contributed by atoms with Gasteiger partial charge < -0.3 is 19.8 Å². The van der Waals surface area contributed by atoms with Gasteiger partial charge in [0.15, 0.2) is 0 Å². The number of fused-ring (bicyclic) bond motifs is 2. The van der Waals surface area contributed by atoms with E-state index in [1.165, 1.54) is 14.1 Å². The highest BCUT2D eigenvalue weighted by Gasteiger charge is 2.68. The van der Waals surface area contributed by atoms with E-state index >= 15 is 0 Å². The van der Waals surface area contributed by atoms with Crippen LogP contribution in [0.15, 0.2) is 9.59 Å². The van der Waals surface area contributed by atoms with Gasteiger partial charge in [0.1, 0.15) is 5.54 Å². The number of nitrogens with one attached hydrogen (secondary N) is 2. The number of hydrogen-bond acceptors (Lipinski definition) is 7. The van der Waals surface area contributed by atoms with Crippen molar-refractivity contribution in [1.29, 1.82) is 0 Å². The molecule has 1 saturated heterocycles. The maximum atomic E-state index is 12.1. The molecule has 23 heavy (non-hydrogen) atoms. The van der Waals surface area contributed by atoms with Crippen LogP contribution in [0.1, 0.15) is 5.69 Å². The van der Waals surface area contributed by atoms with Crippen LogP contribution >= 0.6 is 0 Å². The van der Waals surface area contributed by atoms with E-state index in [0.717, 1.165) is 9.47 Å². The number of aliphatic hydroxyl groups is 2. The number of nitrogens with zero attached hydrogens (tertiary/aromatic N) is 2. The van der Waals surface area contributed by atoms with Crippen LogP contribution in [0.5, 0.6) is 5.75 Å². The van der Waals surface area contributed by atoms with Gasteiger partial charge in [-0.3, -0.25) is 24.5 Å². The molecule has 124 valence electrons. The molecule has 0 aromatic carbocycles. The molecule has 2 atom stereocenters. The average Bonchev–Trinajstić information content (AvgIpc) is 2.50. The predicted molar refractivity (Wildman–Crippen MR) is 72.7 cm³/mol. The second-order valence-corrected chi connectivity index (χ2v) is 5.52. The molecule has 3 rings (SSSR count). The molecule has 11 nitrogen and oxygen atoms in total. The number of ether oxygens (including phenoxy) is 1. The minimum atomic E-state index is -2.68. The van der Waals surface area contributed by atoms with Gasteiger partial charge in [-0.05, 0) is 0 Å². The second kappa shape index (κ2) is 4.43. The van der Waals surface area contributed by atoms with E-state index in [9.17, 15) is 29.4 Å². The average molecular weight is 326 g/mol. The second-order valence-electron chi connectivity index (χ2n) is 5.52. The molecule has 1 aromatic rings. The molecule has 2 aliphatic heterocycles. The Kier molecular flexibility index (Phi) is 2.93. The summed E-state index contributed by atoms with van der Waals surface area (Å²) in [4.78, 5) is 50.5. The van der Waals surface area contributed by atoms with E-state index in [1.807, 2.05) is 10.3 Å². The van der Waals surface area contributed by atoms with E-state index in [4.69, 9.17) is 4.74 Å². The fourth-order valence-electron chi connectivity index (χ4n) is 2.92. The quantitative estimate of drug-likeness (QED) is 0.419. The minimum absolute atomic E-state index is 0.0480. The zero-order chi connectivity index (χ0) is 17.2. The lowest BCUT2D eigenvalue weighted by Gasteiger charge is -2.53. The van der Waals surface area contributed by atoms with Crippen LogP contribution in [0.25, 0.3) is 0 Å². The Labute approximate surface area is 128 Å². The Morgan fingerprint density at radius 2 is 1.91 bits per heavy atom. The summed E-state index contributed by atoms with van der Waals surface area (Å²) in [5.41, 5.74) is -3.48. The summed E-state index contributed by atoms with van der Waals surface area (Å²) in [5, 5.41) is 22.4. The number of carbonyl (C=O) groups is 2. The first kappa shape index (κ1) is 15.2. The molecular weight excluding hydrogens is 312 g/mol. The number of aromatic nitrogens is 2. The smallest absolute Gasteiger partial charge is 0.328 e. The van der Waals surface area contributed by atoms with Gasteiger partial charge in [-0.15, -0.1) is 0 Å². The van der Waals surface area contributed by atoms with Gasteiger partial charge in [-0.25, -0.2) is 9.59 Å². The minimum Gasteiger partial charge on any atom is -0.443 e. The van der Waals surface area contributed by atoms with Crippen LogP contribution in [0.2, 0.25) is 0 Å². The Morgan fingerprint density at radius 1 is 1.26 bits per heavy atom. The Balaban J connectivity index is 2.33. The van der Waals surface area contributed by atoms with Gasteiger partial charge in [-0.1, -0.05) is 0 Å². The molecule has 0 spiro atoms. The Morgan fingerprint density at radius 3 is 2.52 bits per heavy atom. The summed E-state index contributed by atoms with van der Waals surface area (Å²) in [6.45, 7) is -0.834. The van der Waals surface area contributed by atoms with Crippen molar-refractivity contribution in [3.05, 3.63) is 26.5 Å². The summed E-state index contributed by atoms with van der Waals surface area (Å²) in [6.07, 6.45) is -0.333. The Bertz CT molecular complexity index is 843. The highest BCUT2D eigenvalue weighted by molar-refractivity contribution is 6.02. The van der Waals surface area contributed by atoms with Crippen molar-refractivity contribution in [1.82, 2.24) is 19.8 Å². The van der Waals surface area contributed by atoms with Gasteiger partial charge in [0.2, 0.25) is 5.75 Å². The normalized spacial score (nSPS) is 29.5. The fraction of sp³-hybridized carbons (Fsp3) is 0.500. The zero-order valence-electron chi connectivity index (χ0n) is 12.2. The molecule has 0 radical (unpaired) electrons. The first-order chi connectivity index (χ1) is 10.7. The molecule has 1 fully saturated rings. The highest BCUT2D eigenvalue weighted by atomic mass is 16.6. The molecule has 3 heterocycles. The van der Waals surface area contributed by atoms with Crippen molar-refractivity contribution in [2.75, 3.05) is 13.7 Å². The molecule has 0 saturated carbocycles. The summed E-state index contributed by atoms with van der Waals surface area (Å²) < 4.78 is 6.26. The molecule has 0 aliphatic carbocycles. The third-order valence-electron chi connectivity index (χ3n) is 4.48. The van der Waals surface area contributed by atoms with Crippen LogP contribution in [0.4, 0.5) is 4.79 Å². The van der Waals surface area contributed by atoms with Gasteiger partial charge in [-0.2, -0.15) is 0 Å². The highest BCUT2D eigenvalue weighted by Crippen LogP contribution is 2.41. The molecule has 2 unspecified atom stereocenters. The number of urea groups is 1. The van der Waals surface area contributed by atoms with Crippen LogP contribution < -0.4 is 21.3 Å². The molecule has 1 aromatic heterocycles. The summed E-state index contributed by atoms with van der Waals surface area (Å²) in [6, 6.07) is -0.851. The number of aliphatic hydroxyl groups excluding tert-OH is 1. The van der Waals surface area contributed by atoms with Crippen molar-refractivity contribution in [2.24, 2.45) is 7.05 Å². The first-order valence-corrected chi connectivity index (χ1v) is 6.61. The van der Waals surface area contributed by atoms with Crippen LogP contribution in [-0.2, 0) is 18.3 Å². The first-order valence-electron chi connectivity index (χ1n) is 6.61. The summed E-state index contributed by atoms with van der Waals surface area (Å²) in [5.74, 6) is -4.30. The fourth-order valence-corrected chi connectivity index (χ4v) is 2.92. The zero-order valence-corrected chi connectivity index (χ0v) is 12.2. The molecule has 11 heteroatoms. The van der Waals surface area contributed by atoms with Crippen molar-refractivity contribution < 1.29 is 24.5 Å². The number of amides is 3. The largest absolute Gasteiger partial charge is 0.443 e. The molecule has 4 N–H and O–H groups in total. The standard InChI is InChI=1S/C12H14N4O7/c1-15-5-3-11(4-17)12(22,8(19)14-10(21)16(11)2)23-6(5)7(18)13-9(15)20/h17,22H,3-4H2,1-2H3,(H,13,18,20)(H,14,19,21). The predicted octanol–water partition coefficient (Wildman–Crippen LogP) is -3.39. The lowest BCUT2D eigenvalue weighted by atomic mass is 9.79. The number of hydrogen-bond donors (Lipinski definition) is 4. The van der Waals surface area contributed by atoms with Crippen molar-refractivity contribution in [3.63, 3.8) is 0 Å². The molecule has 2 aliphatic rings.